The van der Waals surface area contributed by atoms with E-state index in [-0.39, 0.29) is 6.10 Å². The second-order valence-electron chi connectivity index (χ2n) is 3.99. The highest BCUT2D eigenvalue weighted by atomic mass is 35.5. The lowest BCUT2D eigenvalue weighted by Gasteiger charge is -2.26. The summed E-state index contributed by atoms with van der Waals surface area (Å²) in [5.41, 5.74) is 0.848. The molecule has 2 atom stereocenters. The third kappa shape index (κ3) is 3.23. The lowest BCUT2D eigenvalue weighted by molar-refractivity contribution is 0.0609. The van der Waals surface area contributed by atoms with Gasteiger partial charge >= 0.3 is 7.82 Å². The molecule has 0 aliphatic carbocycles. The zero-order valence-electron chi connectivity index (χ0n) is 9.68. The van der Waals surface area contributed by atoms with Gasteiger partial charge in [-0.15, -0.1) is 0 Å². The first kappa shape index (κ1) is 12.9. The monoisotopic (exact) mass is 276 g/mol. The smallest absolute Gasteiger partial charge is 0.404 e. The summed E-state index contributed by atoms with van der Waals surface area (Å²) in [5.74, 6) is 0.435. The highest BCUT2D eigenvalue weighted by molar-refractivity contribution is 7.49. The summed E-state index contributed by atoms with van der Waals surface area (Å²) in [6.07, 6.45) is 0.593. The molecule has 0 bridgehead atoms. The summed E-state index contributed by atoms with van der Waals surface area (Å²) in [6.45, 7) is 4.06. The fourth-order valence-corrected chi connectivity index (χ4v) is 3.01. The van der Waals surface area contributed by atoms with E-state index in [0.717, 1.165) is 5.56 Å². The molecule has 0 saturated carbocycles. The van der Waals surface area contributed by atoms with E-state index in [0.29, 0.717) is 23.8 Å². The number of phosphoric ester groups is 1. The molecule has 1 aliphatic heterocycles. The van der Waals surface area contributed by atoms with Crippen molar-refractivity contribution in [3.63, 3.8) is 0 Å². The molecule has 0 amide bonds. The number of hydrogen-bond donors (Lipinski definition) is 0. The quantitative estimate of drug-likeness (QED) is 0.767. The van der Waals surface area contributed by atoms with Crippen LogP contribution in [0.15, 0.2) is 18.2 Å². The Hall–Kier alpha value is -0.540. The van der Waals surface area contributed by atoms with E-state index in [2.05, 4.69) is 0 Å². The van der Waals surface area contributed by atoms with Gasteiger partial charge in [0.25, 0.3) is 0 Å². The number of hydrogen-bond acceptors (Lipinski definition) is 4. The van der Waals surface area contributed by atoms with Crippen molar-refractivity contribution in [2.45, 2.75) is 26.4 Å². The predicted octanol–water partition coefficient (Wildman–Crippen LogP) is 3.96. The Labute approximate surface area is 105 Å². The average molecular weight is 277 g/mol. The molecule has 6 heteroatoms. The maximum Gasteiger partial charge on any atom is 0.530 e. The molecule has 17 heavy (non-hydrogen) atoms. The van der Waals surface area contributed by atoms with Gasteiger partial charge in [-0.05, 0) is 44.0 Å². The molecule has 1 aliphatic rings. The normalized spacial score (nSPS) is 29.0. The van der Waals surface area contributed by atoms with Crippen molar-refractivity contribution in [3.8, 4) is 5.75 Å². The lowest BCUT2D eigenvalue weighted by Crippen LogP contribution is -2.19. The van der Waals surface area contributed by atoms with Crippen LogP contribution in [0.5, 0.6) is 5.75 Å². The highest BCUT2D eigenvalue weighted by Gasteiger charge is 2.35. The van der Waals surface area contributed by atoms with Gasteiger partial charge in [-0.25, -0.2) is 4.57 Å². The second-order valence-corrected chi connectivity index (χ2v) is 5.94. The van der Waals surface area contributed by atoms with Crippen LogP contribution in [0.1, 0.15) is 18.9 Å². The average Bonchev–Trinajstić information content (AvgIpc) is 2.22. The number of aryl methyl sites for hydroxylation is 1. The zero-order valence-corrected chi connectivity index (χ0v) is 11.3. The van der Waals surface area contributed by atoms with E-state index in [4.69, 9.17) is 25.2 Å². The molecule has 2 unspecified atom stereocenters. The maximum absolute atomic E-state index is 12.1. The van der Waals surface area contributed by atoms with Gasteiger partial charge in [0.1, 0.15) is 5.75 Å². The van der Waals surface area contributed by atoms with Crippen LogP contribution in [0, 0.1) is 6.92 Å². The Balaban J connectivity index is 2.14. The van der Waals surface area contributed by atoms with Crippen molar-refractivity contribution in [3.05, 3.63) is 28.8 Å². The van der Waals surface area contributed by atoms with E-state index in [9.17, 15) is 4.57 Å². The standard InChI is InChI=1S/C11H14ClO4P/c1-8-7-10(3-4-11(8)12)16-17(13)14-6-5-9(2)15-17/h3-4,7,9H,5-6H2,1-2H3. The predicted molar refractivity (Wildman–Crippen MR) is 65.5 cm³/mol. The molecule has 0 N–H and O–H groups in total. The second kappa shape index (κ2) is 4.99. The number of rotatable bonds is 2. The van der Waals surface area contributed by atoms with Crippen molar-refractivity contribution >= 4 is 19.4 Å². The minimum atomic E-state index is -3.47. The SMILES string of the molecule is Cc1cc(OP2(=O)OCCC(C)O2)ccc1Cl. The van der Waals surface area contributed by atoms with E-state index in [1.54, 1.807) is 18.2 Å². The van der Waals surface area contributed by atoms with Crippen LogP contribution in [0.3, 0.4) is 0 Å². The molecule has 1 heterocycles. The molecule has 1 fully saturated rings. The molecule has 0 radical (unpaired) electrons. The Kier molecular flexibility index (Phi) is 3.79. The first-order valence-electron chi connectivity index (χ1n) is 5.37. The first-order chi connectivity index (χ1) is 7.98. The van der Waals surface area contributed by atoms with Crippen LogP contribution in [-0.2, 0) is 13.6 Å². The van der Waals surface area contributed by atoms with E-state index in [1.807, 2.05) is 13.8 Å². The van der Waals surface area contributed by atoms with Crippen molar-refractivity contribution in [2.75, 3.05) is 6.61 Å². The van der Waals surface area contributed by atoms with Crippen LogP contribution >= 0.6 is 19.4 Å². The van der Waals surface area contributed by atoms with Gasteiger partial charge in [-0.2, -0.15) is 0 Å². The van der Waals surface area contributed by atoms with Crippen LogP contribution in [0.25, 0.3) is 0 Å². The van der Waals surface area contributed by atoms with Gasteiger partial charge < -0.3 is 4.52 Å². The van der Waals surface area contributed by atoms with Crippen LogP contribution < -0.4 is 4.52 Å². The first-order valence-corrected chi connectivity index (χ1v) is 7.21. The van der Waals surface area contributed by atoms with Crippen LogP contribution in [0.4, 0.5) is 0 Å². The van der Waals surface area contributed by atoms with E-state index in [1.165, 1.54) is 0 Å². The Morgan fingerprint density at radius 1 is 1.53 bits per heavy atom. The maximum atomic E-state index is 12.1. The Bertz CT molecular complexity index is 463. The van der Waals surface area contributed by atoms with Crippen molar-refractivity contribution in [2.24, 2.45) is 0 Å². The fourth-order valence-electron chi connectivity index (χ4n) is 1.48. The van der Waals surface area contributed by atoms with E-state index >= 15 is 0 Å². The largest absolute Gasteiger partial charge is 0.530 e. The summed E-state index contributed by atoms with van der Waals surface area (Å²) in [5, 5.41) is 0.634. The summed E-state index contributed by atoms with van der Waals surface area (Å²) in [7, 11) is -3.47. The van der Waals surface area contributed by atoms with Gasteiger partial charge in [-0.1, -0.05) is 11.6 Å². The summed E-state index contributed by atoms with van der Waals surface area (Å²) >= 11 is 5.89. The molecule has 2 rings (SSSR count). The number of benzene rings is 1. The number of halogens is 1. The Morgan fingerprint density at radius 2 is 2.29 bits per heavy atom. The molecule has 0 spiro atoms. The summed E-state index contributed by atoms with van der Waals surface area (Å²) in [4.78, 5) is 0. The van der Waals surface area contributed by atoms with Crippen molar-refractivity contribution in [1.29, 1.82) is 0 Å². The molecule has 1 aromatic carbocycles. The van der Waals surface area contributed by atoms with Crippen LogP contribution in [-0.4, -0.2) is 12.7 Å². The molecule has 4 nitrogen and oxygen atoms in total. The molecular formula is C11H14ClO4P. The Morgan fingerprint density at radius 3 is 2.94 bits per heavy atom. The molecule has 0 aromatic heterocycles. The van der Waals surface area contributed by atoms with Crippen molar-refractivity contribution < 1.29 is 18.1 Å². The van der Waals surface area contributed by atoms with Gasteiger partial charge in [0.05, 0.1) is 12.7 Å². The van der Waals surface area contributed by atoms with Gasteiger partial charge in [0, 0.05) is 5.02 Å². The molecule has 1 aromatic rings. The minimum Gasteiger partial charge on any atom is -0.404 e. The summed E-state index contributed by atoms with van der Waals surface area (Å²) in [6, 6.07) is 5.03. The third-order valence-electron chi connectivity index (χ3n) is 2.43. The lowest BCUT2D eigenvalue weighted by atomic mass is 10.2. The van der Waals surface area contributed by atoms with Gasteiger partial charge in [0.15, 0.2) is 0 Å². The van der Waals surface area contributed by atoms with Crippen molar-refractivity contribution in [1.82, 2.24) is 0 Å². The topological polar surface area (TPSA) is 44.8 Å². The minimum absolute atomic E-state index is 0.122. The zero-order chi connectivity index (χ0) is 12.5. The van der Waals surface area contributed by atoms with Gasteiger partial charge in [0.2, 0.25) is 0 Å². The fraction of sp³-hybridized carbons (Fsp3) is 0.455. The summed E-state index contributed by atoms with van der Waals surface area (Å²) < 4.78 is 27.7. The number of phosphoric acid groups is 1. The van der Waals surface area contributed by atoms with Gasteiger partial charge in [-0.3, -0.25) is 9.05 Å². The molecular weight excluding hydrogens is 263 g/mol. The molecule has 1 saturated heterocycles. The third-order valence-corrected chi connectivity index (χ3v) is 4.40. The molecule has 94 valence electrons. The van der Waals surface area contributed by atoms with Crippen LogP contribution in [0.2, 0.25) is 5.02 Å². The highest BCUT2D eigenvalue weighted by Crippen LogP contribution is 2.53. The van der Waals surface area contributed by atoms with E-state index < -0.39 is 7.82 Å².